The molecule has 1 unspecified atom stereocenters. The average Bonchev–Trinajstić information content (AvgIpc) is 4.04. The first-order chi connectivity index (χ1) is 32.6. The first-order valence-electron chi connectivity index (χ1n) is 23.5. The van der Waals surface area contributed by atoms with Crippen LogP contribution in [0.4, 0.5) is 18.0 Å². The summed E-state index contributed by atoms with van der Waals surface area (Å²) in [6.07, 6.45) is -2.12. The molecule has 3 aliphatic heterocycles. The number of nitrogens with one attached hydrogen (secondary N) is 3. The number of carbonyl (C=O) groups is 4. The third-order valence-corrected chi connectivity index (χ3v) is 16.6. The summed E-state index contributed by atoms with van der Waals surface area (Å²) in [7, 11) is -4.11. The fraction of sp³-hybridized carbons (Fsp3) is 0.583. The normalized spacial score (nSPS) is 29.4. The van der Waals surface area contributed by atoms with Crippen molar-refractivity contribution in [1.82, 2.24) is 30.2 Å². The molecular formula is C48H59F3N6O10S2. The van der Waals surface area contributed by atoms with E-state index in [-0.39, 0.29) is 44.4 Å². The Hall–Kier alpha value is -5.28. The number of nitrogens with zero attached hydrogens (tertiary/aromatic N) is 3. The lowest BCUT2D eigenvalue weighted by atomic mass is 9.88. The monoisotopic (exact) mass is 1000 g/mol. The molecule has 0 bridgehead atoms. The number of amides is 4. The third-order valence-electron chi connectivity index (χ3n) is 13.8. The molecule has 69 heavy (non-hydrogen) atoms. The molecule has 1 aromatic carbocycles. The molecule has 3 N–H and O–H groups in total. The van der Waals surface area contributed by atoms with Gasteiger partial charge in [0, 0.05) is 48.4 Å². The number of benzene rings is 1. The zero-order valence-electron chi connectivity index (χ0n) is 39.2. The van der Waals surface area contributed by atoms with Crippen molar-refractivity contribution in [3.05, 3.63) is 59.4 Å². The van der Waals surface area contributed by atoms with Gasteiger partial charge in [-0.2, -0.15) is 13.2 Å². The minimum Gasteiger partial charge on any atom is -0.491 e. The van der Waals surface area contributed by atoms with Gasteiger partial charge < -0.3 is 34.5 Å². The summed E-state index contributed by atoms with van der Waals surface area (Å²) in [6.45, 7) is 7.95. The number of carbonyl (C=O) groups excluding carboxylic acids is 4. The number of pyridine rings is 1. The number of alkyl halides is 3. The van der Waals surface area contributed by atoms with Gasteiger partial charge in [-0.15, -0.1) is 11.3 Å². The van der Waals surface area contributed by atoms with Crippen LogP contribution in [0.2, 0.25) is 0 Å². The van der Waals surface area contributed by atoms with Crippen LogP contribution >= 0.6 is 11.3 Å². The van der Waals surface area contributed by atoms with Crippen molar-refractivity contribution in [2.75, 3.05) is 19.8 Å². The van der Waals surface area contributed by atoms with E-state index >= 15 is 4.79 Å². The number of hydrogen-bond donors (Lipinski definition) is 3. The number of thiazole rings is 1. The van der Waals surface area contributed by atoms with E-state index in [1.807, 2.05) is 56.5 Å². The topological polar surface area (TPSA) is 204 Å². The van der Waals surface area contributed by atoms with Crippen molar-refractivity contribution in [3.8, 4) is 34.1 Å². The van der Waals surface area contributed by atoms with Gasteiger partial charge in [0.15, 0.2) is 0 Å². The molecule has 2 aromatic heterocycles. The number of fused-ring (bicyclic) bond motifs is 2. The summed E-state index contributed by atoms with van der Waals surface area (Å²) in [5.74, 6) is -2.80. The first kappa shape index (κ1) is 50.1. The maximum atomic E-state index is 15.2. The van der Waals surface area contributed by atoms with E-state index in [2.05, 4.69) is 20.3 Å². The van der Waals surface area contributed by atoms with Crippen molar-refractivity contribution < 1.29 is 59.7 Å². The second-order valence-corrected chi connectivity index (χ2v) is 22.7. The van der Waals surface area contributed by atoms with E-state index < -0.39 is 99.0 Å². The van der Waals surface area contributed by atoms with Gasteiger partial charge in [0.1, 0.15) is 35.2 Å². The molecule has 8 rings (SSSR count). The molecule has 2 saturated carbocycles. The molecule has 2 aliphatic carbocycles. The molecule has 5 aliphatic rings. The summed E-state index contributed by atoms with van der Waals surface area (Å²) in [5.41, 5.74) is -0.647. The number of ether oxygens (including phenoxy) is 4. The van der Waals surface area contributed by atoms with E-state index in [9.17, 15) is 36.0 Å². The molecule has 21 heteroatoms. The molecule has 374 valence electrons. The standard InChI is InChI=1S/C48H59F3N6O10S2/c1-28(2)65-33-13-11-31(12-14-33)36-20-34(21-37(53-36)38-25-68-27-52-38)66-35-22-39-41(58)55-47(43(60)56-69(62,63)45(5)16-17-45)23-32(47)10-7-6-9-29(3)19-30(4)40(42(59)57(39)24-35)54-44(61)67-46(48(49,50)51)15-8-18-64-26-46/h7,10-14,20-21,25,27-30,32,35,39-40H,6,8-9,15-19,22-24,26H2,1-5H3,(H,54,61)(H,55,58)(H,56,60)/t29-,30-,32-,35-,39+,40+,46?,47-/m1/s1. The molecule has 3 aromatic rings. The molecule has 5 heterocycles. The zero-order chi connectivity index (χ0) is 49.5. The van der Waals surface area contributed by atoms with Crippen LogP contribution < -0.4 is 24.8 Å². The van der Waals surface area contributed by atoms with Crippen LogP contribution in [0.15, 0.2) is 59.4 Å². The van der Waals surface area contributed by atoms with Gasteiger partial charge in [0.25, 0.3) is 5.91 Å². The van der Waals surface area contributed by atoms with Crippen molar-refractivity contribution in [2.45, 2.75) is 139 Å². The second-order valence-electron chi connectivity index (χ2n) is 19.8. The Balaban J connectivity index is 1.14. The molecule has 8 atom stereocenters. The van der Waals surface area contributed by atoms with Gasteiger partial charge in [-0.05, 0) is 102 Å². The molecule has 4 fully saturated rings. The predicted octanol–water partition coefficient (Wildman–Crippen LogP) is 7.10. The molecule has 16 nitrogen and oxygen atoms in total. The Morgan fingerprint density at radius 1 is 1.03 bits per heavy atom. The molecule has 4 amide bonds. The average molecular weight is 1000 g/mol. The van der Waals surface area contributed by atoms with E-state index in [1.165, 1.54) is 16.2 Å². The fourth-order valence-corrected chi connectivity index (χ4v) is 11.3. The molecule has 0 radical (unpaired) electrons. The Kier molecular flexibility index (Phi) is 14.2. The van der Waals surface area contributed by atoms with Gasteiger partial charge in [0.05, 0.1) is 46.6 Å². The van der Waals surface area contributed by atoms with Crippen LogP contribution in [-0.2, 0) is 33.9 Å². The van der Waals surface area contributed by atoms with Gasteiger partial charge in [0.2, 0.25) is 27.4 Å². The Labute approximate surface area is 403 Å². The summed E-state index contributed by atoms with van der Waals surface area (Å²) in [6, 6.07) is 7.91. The maximum Gasteiger partial charge on any atom is 0.430 e. The lowest BCUT2D eigenvalue weighted by molar-refractivity contribution is -0.285. The Morgan fingerprint density at radius 3 is 2.42 bits per heavy atom. The quantitative estimate of drug-likeness (QED) is 0.165. The number of sulfonamides is 1. The summed E-state index contributed by atoms with van der Waals surface area (Å²) in [4.78, 5) is 68.3. The van der Waals surface area contributed by atoms with Gasteiger partial charge in [-0.25, -0.2) is 23.2 Å². The van der Waals surface area contributed by atoms with Gasteiger partial charge in [-0.3, -0.25) is 19.1 Å². The second kappa shape index (κ2) is 19.5. The van der Waals surface area contributed by atoms with E-state index in [4.69, 9.17) is 23.9 Å². The van der Waals surface area contributed by atoms with Crippen molar-refractivity contribution in [1.29, 1.82) is 0 Å². The Morgan fingerprint density at radius 2 is 1.77 bits per heavy atom. The van der Waals surface area contributed by atoms with Crippen molar-refractivity contribution >= 4 is 45.2 Å². The van der Waals surface area contributed by atoms with Crippen LogP contribution in [0.25, 0.3) is 22.6 Å². The smallest absolute Gasteiger partial charge is 0.430 e. The molecular weight excluding hydrogens is 942 g/mol. The highest BCUT2D eigenvalue weighted by Gasteiger charge is 2.63. The third kappa shape index (κ3) is 10.9. The lowest BCUT2D eigenvalue weighted by Crippen LogP contribution is -2.60. The van der Waals surface area contributed by atoms with E-state index in [0.29, 0.717) is 60.7 Å². The van der Waals surface area contributed by atoms with Crippen LogP contribution in [0.5, 0.6) is 11.5 Å². The van der Waals surface area contributed by atoms with Crippen LogP contribution in [0.3, 0.4) is 0 Å². The largest absolute Gasteiger partial charge is 0.491 e. The number of rotatable bonds is 11. The predicted molar refractivity (Wildman–Crippen MR) is 248 cm³/mol. The molecule has 0 spiro atoms. The lowest BCUT2D eigenvalue weighted by Gasteiger charge is -2.38. The first-order valence-corrected chi connectivity index (χ1v) is 25.9. The van der Waals surface area contributed by atoms with Crippen LogP contribution in [0.1, 0.15) is 92.4 Å². The highest BCUT2D eigenvalue weighted by Crippen LogP contribution is 2.48. The Bertz CT molecular complexity index is 2530. The van der Waals surface area contributed by atoms with Gasteiger partial charge >= 0.3 is 12.3 Å². The van der Waals surface area contributed by atoms with Crippen LogP contribution in [-0.4, -0.2) is 113 Å². The highest BCUT2D eigenvalue weighted by molar-refractivity contribution is 7.91. The minimum atomic E-state index is -4.98. The SMILES string of the molecule is CC(C)Oc1ccc(-c2cc(O[C@@H]3C[C@H]4C(=O)N[C@]5(C(=O)NS(=O)(=O)C6(C)CC6)C[C@H]5C=CCC[C@@H](C)C[C@@H](C)[C@H](NC(=O)OC5(C(F)(F)F)CCCOC5)C(=O)N4C3)cc(-c3cscn3)n2)cc1. The fourth-order valence-electron chi connectivity index (χ4n) is 9.42. The molecule has 2 saturated heterocycles. The van der Waals surface area contributed by atoms with E-state index in [0.717, 1.165) is 5.56 Å². The maximum absolute atomic E-state index is 15.2. The number of alkyl carbamates (subject to hydrolysis) is 1. The summed E-state index contributed by atoms with van der Waals surface area (Å²) < 4.78 is 94.2. The van der Waals surface area contributed by atoms with Crippen molar-refractivity contribution in [3.63, 3.8) is 0 Å². The number of hydrogen-bond acceptors (Lipinski definition) is 13. The zero-order valence-corrected chi connectivity index (χ0v) is 40.8. The van der Waals surface area contributed by atoms with E-state index in [1.54, 1.807) is 37.6 Å². The summed E-state index contributed by atoms with van der Waals surface area (Å²) in [5, 5.41) is 7.13. The van der Waals surface area contributed by atoms with Crippen molar-refractivity contribution in [2.24, 2.45) is 17.8 Å². The summed E-state index contributed by atoms with van der Waals surface area (Å²) >= 11 is 1.37. The highest BCUT2D eigenvalue weighted by atomic mass is 32.2. The van der Waals surface area contributed by atoms with Gasteiger partial charge in [-0.1, -0.05) is 26.0 Å². The number of allylic oxidation sites excluding steroid dienone is 1. The number of halogens is 3. The number of aromatic nitrogens is 2. The minimum absolute atomic E-state index is 0.0150. The van der Waals surface area contributed by atoms with Crippen LogP contribution in [0, 0.1) is 17.8 Å².